The monoisotopic (exact) mass is 205 g/mol. The summed E-state index contributed by atoms with van der Waals surface area (Å²) in [5.74, 6) is 0.336. The van der Waals surface area contributed by atoms with Crippen LogP contribution >= 0.6 is 0 Å². The van der Waals surface area contributed by atoms with E-state index < -0.39 is 0 Å². The van der Waals surface area contributed by atoms with E-state index in [1.165, 1.54) is 0 Å². The number of hydrogen-bond donors (Lipinski definition) is 2. The summed E-state index contributed by atoms with van der Waals surface area (Å²) in [4.78, 5) is 7.90. The van der Waals surface area contributed by atoms with Crippen molar-refractivity contribution in [3.05, 3.63) is 24.2 Å². The van der Waals surface area contributed by atoms with Crippen molar-refractivity contribution in [2.24, 2.45) is 7.05 Å². The van der Waals surface area contributed by atoms with Crippen LogP contribution < -0.4 is 5.32 Å². The summed E-state index contributed by atoms with van der Waals surface area (Å²) in [6.07, 6.45) is 5.00. The van der Waals surface area contributed by atoms with Gasteiger partial charge in [0.25, 0.3) is 0 Å². The average Bonchev–Trinajstić information content (AvgIpc) is 2.58. The first-order valence-corrected chi connectivity index (χ1v) is 4.43. The number of nitrogens with one attached hydrogen (secondary N) is 1. The molecule has 6 nitrogen and oxygen atoms in total. The van der Waals surface area contributed by atoms with E-state index in [4.69, 9.17) is 0 Å². The van der Waals surface area contributed by atoms with Gasteiger partial charge in [-0.2, -0.15) is 10.1 Å². The lowest BCUT2D eigenvalue weighted by Crippen LogP contribution is -1.96. The molecule has 0 atom stereocenters. The molecule has 0 saturated carbocycles. The Kier molecular flexibility index (Phi) is 2.24. The number of aromatic nitrogens is 4. The van der Waals surface area contributed by atoms with Crippen molar-refractivity contribution in [1.29, 1.82) is 0 Å². The Balaban J connectivity index is 2.21. The molecule has 0 aromatic carbocycles. The van der Waals surface area contributed by atoms with Gasteiger partial charge >= 0.3 is 0 Å². The van der Waals surface area contributed by atoms with Crippen molar-refractivity contribution in [3.63, 3.8) is 0 Å². The molecule has 0 amide bonds. The summed E-state index contributed by atoms with van der Waals surface area (Å²) in [6, 6.07) is 0. The highest BCUT2D eigenvalue weighted by Gasteiger charge is 2.03. The number of anilines is 2. The molecule has 0 aliphatic rings. The van der Waals surface area contributed by atoms with Crippen molar-refractivity contribution in [1.82, 2.24) is 19.7 Å². The van der Waals surface area contributed by atoms with Crippen LogP contribution in [-0.4, -0.2) is 24.9 Å². The van der Waals surface area contributed by atoms with Crippen LogP contribution in [0.2, 0.25) is 0 Å². The van der Waals surface area contributed by atoms with Crippen LogP contribution in [-0.2, 0) is 7.05 Å². The zero-order chi connectivity index (χ0) is 10.8. The Hall–Kier alpha value is -2.11. The summed E-state index contributed by atoms with van der Waals surface area (Å²) in [7, 11) is 1.82. The molecule has 0 radical (unpaired) electrons. The second-order valence-electron chi connectivity index (χ2n) is 3.23. The number of aryl methyl sites for hydroxylation is 2. The van der Waals surface area contributed by atoms with E-state index in [0.29, 0.717) is 11.5 Å². The molecule has 0 spiro atoms. The Bertz CT molecular complexity index is 479. The fraction of sp³-hybridized carbons (Fsp3) is 0.222. The molecule has 78 valence electrons. The van der Waals surface area contributed by atoms with E-state index in [0.717, 1.165) is 5.69 Å². The molecule has 0 bridgehead atoms. The van der Waals surface area contributed by atoms with Crippen molar-refractivity contribution in [2.45, 2.75) is 6.92 Å². The molecule has 0 aliphatic carbocycles. The first-order valence-electron chi connectivity index (χ1n) is 4.43. The van der Waals surface area contributed by atoms with Crippen molar-refractivity contribution in [3.8, 4) is 5.88 Å². The van der Waals surface area contributed by atoms with Crippen LogP contribution in [0.1, 0.15) is 5.56 Å². The Morgan fingerprint density at radius 3 is 2.80 bits per heavy atom. The molecule has 2 aromatic rings. The quantitative estimate of drug-likeness (QED) is 0.763. The van der Waals surface area contributed by atoms with Crippen LogP contribution in [0.5, 0.6) is 5.88 Å². The zero-order valence-corrected chi connectivity index (χ0v) is 8.47. The molecule has 2 aromatic heterocycles. The molecule has 2 rings (SSSR count). The molecule has 0 fully saturated rings. The van der Waals surface area contributed by atoms with Gasteiger partial charge in [0.05, 0.1) is 11.9 Å². The number of nitrogens with zero attached hydrogens (tertiary/aromatic N) is 4. The lowest BCUT2D eigenvalue weighted by atomic mass is 10.4. The maximum atomic E-state index is 9.37. The second kappa shape index (κ2) is 3.56. The van der Waals surface area contributed by atoms with Gasteiger partial charge in [0, 0.05) is 25.0 Å². The topological polar surface area (TPSA) is 75.9 Å². The van der Waals surface area contributed by atoms with E-state index in [1.807, 2.05) is 7.05 Å². The smallest absolute Gasteiger partial charge is 0.230 e. The fourth-order valence-corrected chi connectivity index (χ4v) is 1.11. The predicted molar refractivity (Wildman–Crippen MR) is 54.9 cm³/mol. The maximum Gasteiger partial charge on any atom is 0.230 e. The lowest BCUT2D eigenvalue weighted by Gasteiger charge is -2.02. The maximum absolute atomic E-state index is 9.37. The van der Waals surface area contributed by atoms with Crippen LogP contribution in [0.4, 0.5) is 11.6 Å². The van der Waals surface area contributed by atoms with Crippen molar-refractivity contribution in [2.75, 3.05) is 5.32 Å². The van der Waals surface area contributed by atoms with E-state index in [-0.39, 0.29) is 5.88 Å². The van der Waals surface area contributed by atoms with E-state index in [2.05, 4.69) is 20.4 Å². The molecular weight excluding hydrogens is 194 g/mol. The highest BCUT2D eigenvalue weighted by molar-refractivity contribution is 5.50. The summed E-state index contributed by atoms with van der Waals surface area (Å²) < 4.78 is 1.66. The third-order valence-electron chi connectivity index (χ3n) is 1.91. The normalized spacial score (nSPS) is 10.3. The van der Waals surface area contributed by atoms with Gasteiger partial charge in [-0.3, -0.25) is 4.68 Å². The summed E-state index contributed by atoms with van der Waals surface area (Å²) in [5, 5.41) is 16.3. The molecular formula is C9H11N5O. The van der Waals surface area contributed by atoms with Crippen LogP contribution in [0.3, 0.4) is 0 Å². The highest BCUT2D eigenvalue weighted by atomic mass is 16.3. The minimum atomic E-state index is -0.0172. The molecule has 0 saturated heterocycles. The minimum Gasteiger partial charge on any atom is -0.493 e. The largest absolute Gasteiger partial charge is 0.493 e. The van der Waals surface area contributed by atoms with Crippen LogP contribution in [0.25, 0.3) is 0 Å². The molecule has 0 aliphatic heterocycles. The average molecular weight is 205 g/mol. The lowest BCUT2D eigenvalue weighted by molar-refractivity contribution is 0.448. The standard InChI is InChI=1S/C9H11N5O/c1-6-3-10-9(13-8(6)15)12-7-4-11-14(2)5-7/h3-5H,1-2H3,(H2,10,12,13,15). The van der Waals surface area contributed by atoms with Gasteiger partial charge in [0.1, 0.15) is 0 Å². The van der Waals surface area contributed by atoms with Gasteiger partial charge in [0.15, 0.2) is 0 Å². The number of rotatable bonds is 2. The number of aromatic hydroxyl groups is 1. The second-order valence-corrected chi connectivity index (χ2v) is 3.23. The summed E-state index contributed by atoms with van der Waals surface area (Å²) in [5.41, 5.74) is 1.42. The van der Waals surface area contributed by atoms with E-state index in [9.17, 15) is 5.11 Å². The third kappa shape index (κ3) is 2.04. The molecule has 15 heavy (non-hydrogen) atoms. The Labute approximate surface area is 86.6 Å². The van der Waals surface area contributed by atoms with Crippen LogP contribution in [0, 0.1) is 6.92 Å². The molecule has 6 heteroatoms. The predicted octanol–water partition coefficient (Wildman–Crippen LogP) is 0.968. The van der Waals surface area contributed by atoms with Gasteiger partial charge < -0.3 is 10.4 Å². The van der Waals surface area contributed by atoms with Gasteiger partial charge in [0.2, 0.25) is 11.8 Å². The Morgan fingerprint density at radius 2 is 2.20 bits per heavy atom. The van der Waals surface area contributed by atoms with E-state index in [1.54, 1.807) is 30.2 Å². The molecule has 2 heterocycles. The third-order valence-corrected chi connectivity index (χ3v) is 1.91. The van der Waals surface area contributed by atoms with Gasteiger partial charge in [-0.05, 0) is 6.92 Å². The summed E-state index contributed by atoms with van der Waals surface area (Å²) in [6.45, 7) is 1.74. The highest BCUT2D eigenvalue weighted by Crippen LogP contribution is 2.16. The van der Waals surface area contributed by atoms with Gasteiger partial charge in [-0.25, -0.2) is 4.98 Å². The minimum absolute atomic E-state index is 0.0172. The SMILES string of the molecule is Cc1cnc(Nc2cnn(C)c2)nc1O. The van der Waals surface area contributed by atoms with Crippen molar-refractivity contribution < 1.29 is 5.11 Å². The Morgan fingerprint density at radius 1 is 1.40 bits per heavy atom. The fourth-order valence-electron chi connectivity index (χ4n) is 1.11. The first kappa shape index (κ1) is 9.45. The summed E-state index contributed by atoms with van der Waals surface area (Å²) >= 11 is 0. The number of hydrogen-bond acceptors (Lipinski definition) is 5. The van der Waals surface area contributed by atoms with Gasteiger partial charge in [-0.1, -0.05) is 0 Å². The van der Waals surface area contributed by atoms with Crippen molar-refractivity contribution >= 4 is 11.6 Å². The van der Waals surface area contributed by atoms with Crippen LogP contribution in [0.15, 0.2) is 18.6 Å². The molecule has 0 unspecified atom stereocenters. The molecule has 2 N–H and O–H groups in total. The van der Waals surface area contributed by atoms with Gasteiger partial charge in [-0.15, -0.1) is 0 Å². The van der Waals surface area contributed by atoms with E-state index >= 15 is 0 Å². The first-order chi connectivity index (χ1) is 7.15. The zero-order valence-electron chi connectivity index (χ0n) is 8.47.